The van der Waals surface area contributed by atoms with Gasteiger partial charge in [0.05, 0.1) is 0 Å². The molecule has 1 aromatic rings. The van der Waals surface area contributed by atoms with E-state index in [9.17, 15) is 0 Å². The highest BCUT2D eigenvalue weighted by atomic mass is 15.2. The maximum Gasteiger partial charge on any atom is 0.191 e. The fourth-order valence-corrected chi connectivity index (χ4v) is 2.74. The lowest BCUT2D eigenvalue weighted by Gasteiger charge is -2.20. The van der Waals surface area contributed by atoms with Gasteiger partial charge in [-0.25, -0.2) is 0 Å². The Labute approximate surface area is 128 Å². The SMILES string of the molecule is CN=C(NCCN1CCCCCC1)NCCn1cccc1. The standard InChI is InChI=1S/C16H29N5/c1-17-16(19-9-15-21-12-6-7-13-21)18-8-14-20-10-4-2-3-5-11-20/h6-7,12-13H,2-5,8-11,14-15H2,1H3,(H2,17,18,19). The molecule has 2 N–H and O–H groups in total. The van der Waals surface area contributed by atoms with Gasteiger partial charge in [-0.2, -0.15) is 0 Å². The molecule has 0 unspecified atom stereocenters. The van der Waals surface area contributed by atoms with E-state index in [2.05, 4.69) is 37.5 Å². The molecule has 1 aliphatic heterocycles. The Morgan fingerprint density at radius 3 is 2.19 bits per heavy atom. The normalized spacial score (nSPS) is 17.5. The van der Waals surface area contributed by atoms with Crippen molar-refractivity contribution in [3.8, 4) is 0 Å². The molecule has 0 radical (unpaired) electrons. The molecular weight excluding hydrogens is 262 g/mol. The maximum absolute atomic E-state index is 4.27. The van der Waals surface area contributed by atoms with Crippen molar-refractivity contribution in [2.24, 2.45) is 4.99 Å². The minimum absolute atomic E-state index is 0.887. The first-order chi connectivity index (χ1) is 10.4. The van der Waals surface area contributed by atoms with Crippen LogP contribution in [-0.2, 0) is 6.54 Å². The molecule has 0 atom stereocenters. The van der Waals surface area contributed by atoms with Crippen molar-refractivity contribution in [1.82, 2.24) is 20.1 Å². The van der Waals surface area contributed by atoms with Crippen LogP contribution in [0.2, 0.25) is 0 Å². The lowest BCUT2D eigenvalue weighted by molar-refractivity contribution is 0.289. The smallest absolute Gasteiger partial charge is 0.191 e. The number of nitrogens with zero attached hydrogens (tertiary/aromatic N) is 3. The summed E-state index contributed by atoms with van der Waals surface area (Å²) >= 11 is 0. The van der Waals surface area contributed by atoms with Crippen molar-refractivity contribution in [3.05, 3.63) is 24.5 Å². The van der Waals surface area contributed by atoms with Crippen molar-refractivity contribution >= 4 is 5.96 Å². The molecule has 21 heavy (non-hydrogen) atoms. The largest absolute Gasteiger partial charge is 0.355 e. The minimum Gasteiger partial charge on any atom is -0.355 e. The topological polar surface area (TPSA) is 44.6 Å². The molecule has 118 valence electrons. The van der Waals surface area contributed by atoms with Gasteiger partial charge in [0.25, 0.3) is 0 Å². The Bertz CT molecular complexity index is 391. The van der Waals surface area contributed by atoms with Gasteiger partial charge in [0.1, 0.15) is 0 Å². The average Bonchev–Trinajstić information content (AvgIpc) is 2.88. The van der Waals surface area contributed by atoms with Crippen molar-refractivity contribution in [2.45, 2.75) is 32.2 Å². The number of rotatable bonds is 6. The van der Waals surface area contributed by atoms with E-state index in [0.29, 0.717) is 0 Å². The zero-order valence-corrected chi connectivity index (χ0v) is 13.2. The summed E-state index contributed by atoms with van der Waals surface area (Å²) in [7, 11) is 1.83. The summed E-state index contributed by atoms with van der Waals surface area (Å²) in [5.74, 6) is 0.900. The van der Waals surface area contributed by atoms with Crippen molar-refractivity contribution in [1.29, 1.82) is 0 Å². The van der Waals surface area contributed by atoms with Gasteiger partial charge < -0.3 is 20.1 Å². The predicted molar refractivity (Wildman–Crippen MR) is 88.7 cm³/mol. The second-order valence-corrected chi connectivity index (χ2v) is 5.60. The third kappa shape index (κ3) is 6.21. The van der Waals surface area contributed by atoms with Crippen molar-refractivity contribution in [3.63, 3.8) is 0 Å². The third-order valence-corrected chi connectivity index (χ3v) is 3.97. The molecule has 0 bridgehead atoms. The van der Waals surface area contributed by atoms with Crippen LogP contribution in [0.25, 0.3) is 0 Å². The van der Waals surface area contributed by atoms with Crippen LogP contribution < -0.4 is 10.6 Å². The van der Waals surface area contributed by atoms with Crippen LogP contribution in [0.5, 0.6) is 0 Å². The summed E-state index contributed by atoms with van der Waals surface area (Å²) in [5.41, 5.74) is 0. The Balaban J connectivity index is 1.58. The Morgan fingerprint density at radius 2 is 1.57 bits per heavy atom. The molecule has 0 aromatic carbocycles. The number of nitrogens with one attached hydrogen (secondary N) is 2. The third-order valence-electron chi connectivity index (χ3n) is 3.97. The van der Waals surface area contributed by atoms with Gasteiger partial charge in [-0.3, -0.25) is 4.99 Å². The Morgan fingerprint density at radius 1 is 0.952 bits per heavy atom. The molecule has 0 aliphatic carbocycles. The van der Waals surface area contributed by atoms with Gasteiger partial charge in [0.15, 0.2) is 5.96 Å². The average molecular weight is 291 g/mol. The van der Waals surface area contributed by atoms with E-state index in [1.54, 1.807) is 0 Å². The lowest BCUT2D eigenvalue weighted by atomic mass is 10.2. The van der Waals surface area contributed by atoms with Crippen LogP contribution >= 0.6 is 0 Å². The highest BCUT2D eigenvalue weighted by molar-refractivity contribution is 5.79. The number of hydrogen-bond donors (Lipinski definition) is 2. The van der Waals surface area contributed by atoms with Crippen LogP contribution in [0, 0.1) is 0 Å². The minimum atomic E-state index is 0.887. The first-order valence-electron chi connectivity index (χ1n) is 8.16. The summed E-state index contributed by atoms with van der Waals surface area (Å²) in [5, 5.41) is 6.76. The maximum atomic E-state index is 4.27. The zero-order valence-electron chi connectivity index (χ0n) is 13.2. The van der Waals surface area contributed by atoms with Crippen LogP contribution in [0.4, 0.5) is 0 Å². The fraction of sp³-hybridized carbons (Fsp3) is 0.688. The van der Waals surface area contributed by atoms with Gasteiger partial charge >= 0.3 is 0 Å². The van der Waals surface area contributed by atoms with Gasteiger partial charge in [-0.1, -0.05) is 12.8 Å². The van der Waals surface area contributed by atoms with Crippen LogP contribution in [0.15, 0.2) is 29.5 Å². The molecule has 1 aromatic heterocycles. The molecule has 5 heteroatoms. The summed E-state index contributed by atoms with van der Waals surface area (Å²) in [6.45, 7) is 6.42. The highest BCUT2D eigenvalue weighted by Crippen LogP contribution is 2.08. The summed E-state index contributed by atoms with van der Waals surface area (Å²) in [6, 6.07) is 4.10. The van der Waals surface area contributed by atoms with Gasteiger partial charge in [-0.05, 0) is 38.1 Å². The monoisotopic (exact) mass is 291 g/mol. The molecule has 1 aliphatic rings. The first kappa shape index (κ1) is 15.9. The van der Waals surface area contributed by atoms with Crippen molar-refractivity contribution < 1.29 is 0 Å². The zero-order chi connectivity index (χ0) is 14.8. The van der Waals surface area contributed by atoms with Crippen molar-refractivity contribution in [2.75, 3.05) is 39.8 Å². The second kappa shape index (κ2) is 9.45. The molecule has 2 heterocycles. The lowest BCUT2D eigenvalue weighted by Crippen LogP contribution is -2.42. The van der Waals surface area contributed by atoms with Gasteiger partial charge in [-0.15, -0.1) is 0 Å². The molecule has 1 saturated heterocycles. The summed E-state index contributed by atoms with van der Waals surface area (Å²) < 4.78 is 2.16. The van der Waals surface area contributed by atoms with Gasteiger partial charge in [0, 0.05) is 45.6 Å². The number of likely N-dealkylation sites (tertiary alicyclic amines) is 1. The number of guanidine groups is 1. The van der Waals surface area contributed by atoms with E-state index in [4.69, 9.17) is 0 Å². The molecule has 0 saturated carbocycles. The first-order valence-corrected chi connectivity index (χ1v) is 8.16. The molecule has 2 rings (SSSR count). The quantitative estimate of drug-likeness (QED) is 0.617. The van der Waals surface area contributed by atoms with Crippen LogP contribution in [0.1, 0.15) is 25.7 Å². The van der Waals surface area contributed by atoms with E-state index in [-0.39, 0.29) is 0 Å². The molecule has 0 spiro atoms. The van der Waals surface area contributed by atoms with E-state index < -0.39 is 0 Å². The van der Waals surface area contributed by atoms with E-state index in [1.165, 1.54) is 38.8 Å². The highest BCUT2D eigenvalue weighted by Gasteiger charge is 2.08. The van der Waals surface area contributed by atoms with Crippen LogP contribution in [-0.4, -0.2) is 55.2 Å². The molecule has 5 nitrogen and oxygen atoms in total. The Kier molecular flexibility index (Phi) is 7.15. The number of aromatic nitrogens is 1. The number of aliphatic imine (C=N–C) groups is 1. The Hall–Kier alpha value is -1.49. The van der Waals surface area contributed by atoms with Gasteiger partial charge in [0.2, 0.25) is 0 Å². The van der Waals surface area contributed by atoms with E-state index in [1.807, 2.05) is 19.2 Å². The van der Waals surface area contributed by atoms with E-state index in [0.717, 1.165) is 32.1 Å². The molecule has 0 amide bonds. The van der Waals surface area contributed by atoms with Crippen LogP contribution in [0.3, 0.4) is 0 Å². The summed E-state index contributed by atoms with van der Waals surface area (Å²) in [4.78, 5) is 6.84. The van der Waals surface area contributed by atoms with E-state index >= 15 is 0 Å². The predicted octanol–water partition coefficient (Wildman–Crippen LogP) is 1.53. The molecular formula is C16H29N5. The summed E-state index contributed by atoms with van der Waals surface area (Å²) in [6.07, 6.45) is 9.65. The fourth-order valence-electron chi connectivity index (χ4n) is 2.74. The molecule has 1 fully saturated rings. The second-order valence-electron chi connectivity index (χ2n) is 5.60. The number of hydrogen-bond acceptors (Lipinski definition) is 2.